The maximum Gasteiger partial charge on any atom is 0.338 e. The molecule has 0 amide bonds. The SMILES string of the molecule is CN(C)Cc1c(-c2ccc(N=O)cc2)sc2c1c(=O)n(-c1ccc(=O)[nH]n1)c(=O)n2Cc1c(F)cccc1F. The van der Waals surface area contributed by atoms with Crippen LogP contribution in [-0.4, -0.2) is 38.3 Å². The highest BCUT2D eigenvalue weighted by Crippen LogP contribution is 2.38. The van der Waals surface area contributed by atoms with Crippen LogP contribution in [0.2, 0.25) is 0 Å². The first kappa shape index (κ1) is 26.0. The summed E-state index contributed by atoms with van der Waals surface area (Å²) in [5.74, 6) is -1.85. The summed E-state index contributed by atoms with van der Waals surface area (Å²) < 4.78 is 31.3. The van der Waals surface area contributed by atoms with Gasteiger partial charge in [-0.3, -0.25) is 14.2 Å². The zero-order valence-corrected chi connectivity index (χ0v) is 21.5. The summed E-state index contributed by atoms with van der Waals surface area (Å²) in [4.78, 5) is 52.9. The maximum absolute atomic E-state index is 14.7. The zero-order chi connectivity index (χ0) is 27.8. The Morgan fingerprint density at radius 3 is 2.26 bits per heavy atom. The number of nitroso groups, excluding NO2 is 1. The molecule has 3 heterocycles. The van der Waals surface area contributed by atoms with Gasteiger partial charge in [-0.15, -0.1) is 16.2 Å². The normalized spacial score (nSPS) is 11.4. The largest absolute Gasteiger partial charge is 0.338 e. The highest BCUT2D eigenvalue weighted by molar-refractivity contribution is 7.22. The number of nitrogens with one attached hydrogen (secondary N) is 1. The van der Waals surface area contributed by atoms with Crippen LogP contribution in [0.15, 0.2) is 74.2 Å². The van der Waals surface area contributed by atoms with Crippen molar-refractivity contribution in [1.29, 1.82) is 0 Å². The Hall–Kier alpha value is -4.62. The summed E-state index contributed by atoms with van der Waals surface area (Å²) in [6.07, 6.45) is 0. The number of aromatic amines is 1. The number of benzene rings is 2. The first-order chi connectivity index (χ1) is 18.7. The number of H-pyrrole nitrogens is 1. The Balaban J connectivity index is 1.90. The van der Waals surface area contributed by atoms with E-state index in [9.17, 15) is 28.1 Å². The van der Waals surface area contributed by atoms with Gasteiger partial charge in [0.05, 0.1) is 11.9 Å². The fourth-order valence-corrected chi connectivity index (χ4v) is 5.59. The quantitative estimate of drug-likeness (QED) is 0.308. The number of nitrogens with zero attached hydrogens (tertiary/aromatic N) is 5. The van der Waals surface area contributed by atoms with Crippen LogP contribution in [0.25, 0.3) is 26.5 Å². The molecule has 13 heteroatoms. The van der Waals surface area contributed by atoms with Gasteiger partial charge in [-0.25, -0.2) is 23.2 Å². The third kappa shape index (κ3) is 4.73. The number of rotatable bonds is 7. The standard InChI is InChI=1S/C26H20F2N6O4S/c1-32(2)12-17-22-24(36)34(20-10-11-21(35)30-29-20)26(37)33(13-16-18(27)4-3-5-19(16)28)25(22)39-23(17)14-6-8-15(31-38)9-7-14/h3-11H,12-13H2,1-2H3,(H,30,35). The Morgan fingerprint density at radius 2 is 1.67 bits per heavy atom. The van der Waals surface area contributed by atoms with E-state index in [1.165, 1.54) is 24.3 Å². The number of hydrogen-bond donors (Lipinski definition) is 1. The number of fused-ring (bicyclic) bond motifs is 1. The molecule has 3 aromatic heterocycles. The van der Waals surface area contributed by atoms with Crippen LogP contribution in [0.3, 0.4) is 0 Å². The summed E-state index contributed by atoms with van der Waals surface area (Å²) in [5, 5.41) is 9.13. The van der Waals surface area contributed by atoms with Gasteiger partial charge in [0.2, 0.25) is 0 Å². The Kier molecular flexibility index (Phi) is 6.85. The fraction of sp³-hybridized carbons (Fsp3) is 0.154. The van der Waals surface area contributed by atoms with Gasteiger partial charge in [0, 0.05) is 23.1 Å². The molecule has 0 aliphatic rings. The van der Waals surface area contributed by atoms with Crippen LogP contribution in [0.4, 0.5) is 14.5 Å². The molecule has 5 aromatic rings. The van der Waals surface area contributed by atoms with Crippen molar-refractivity contribution in [2.24, 2.45) is 5.18 Å². The summed E-state index contributed by atoms with van der Waals surface area (Å²) in [6.45, 7) is -0.226. The van der Waals surface area contributed by atoms with Crippen molar-refractivity contribution in [3.05, 3.63) is 113 Å². The molecular formula is C26H20F2N6O4S. The lowest BCUT2D eigenvalue weighted by atomic mass is 10.1. The van der Waals surface area contributed by atoms with E-state index in [0.29, 0.717) is 16.0 Å². The highest BCUT2D eigenvalue weighted by atomic mass is 32.1. The van der Waals surface area contributed by atoms with Crippen molar-refractivity contribution in [2.75, 3.05) is 14.1 Å². The minimum atomic E-state index is -0.889. The number of thiophene rings is 1. The summed E-state index contributed by atoms with van der Waals surface area (Å²) in [6, 6.07) is 12.1. The topological polar surface area (TPSA) is 122 Å². The molecule has 39 heavy (non-hydrogen) atoms. The van der Waals surface area contributed by atoms with Crippen molar-refractivity contribution >= 4 is 27.2 Å². The number of halogens is 2. The molecule has 10 nitrogen and oxygen atoms in total. The fourth-order valence-electron chi connectivity index (χ4n) is 4.29. The summed E-state index contributed by atoms with van der Waals surface area (Å²) in [5.41, 5.74) is -1.05. The second-order valence-corrected chi connectivity index (χ2v) is 9.95. The van der Waals surface area contributed by atoms with Gasteiger partial charge in [0.1, 0.15) is 22.2 Å². The number of aromatic nitrogens is 4. The van der Waals surface area contributed by atoms with E-state index in [2.05, 4.69) is 15.4 Å². The monoisotopic (exact) mass is 550 g/mol. The Labute approximate surface area is 222 Å². The lowest BCUT2D eigenvalue weighted by Crippen LogP contribution is -2.40. The first-order valence-corrected chi connectivity index (χ1v) is 12.4. The molecule has 0 aliphatic heterocycles. The van der Waals surface area contributed by atoms with E-state index in [0.717, 1.165) is 38.7 Å². The van der Waals surface area contributed by atoms with E-state index >= 15 is 0 Å². The van der Waals surface area contributed by atoms with Gasteiger partial charge >= 0.3 is 5.69 Å². The average molecular weight is 551 g/mol. The van der Waals surface area contributed by atoms with Crippen LogP contribution >= 0.6 is 11.3 Å². The number of hydrogen-bond acceptors (Lipinski definition) is 8. The molecule has 1 N–H and O–H groups in total. The van der Waals surface area contributed by atoms with Gasteiger partial charge in [0.25, 0.3) is 11.1 Å². The molecule has 0 atom stereocenters. The van der Waals surface area contributed by atoms with E-state index < -0.39 is 35.0 Å². The lowest BCUT2D eigenvalue weighted by molar-refractivity contribution is 0.405. The van der Waals surface area contributed by atoms with Crippen molar-refractivity contribution in [1.82, 2.24) is 24.2 Å². The average Bonchev–Trinajstić information content (AvgIpc) is 3.27. The first-order valence-electron chi connectivity index (χ1n) is 11.6. The van der Waals surface area contributed by atoms with Crippen molar-refractivity contribution in [3.63, 3.8) is 0 Å². The van der Waals surface area contributed by atoms with Crippen LogP contribution in [0, 0.1) is 16.5 Å². The van der Waals surface area contributed by atoms with Gasteiger partial charge < -0.3 is 4.90 Å². The second-order valence-electron chi connectivity index (χ2n) is 8.95. The van der Waals surface area contributed by atoms with Gasteiger partial charge in [-0.1, -0.05) is 18.2 Å². The summed E-state index contributed by atoms with van der Waals surface area (Å²) in [7, 11) is 3.61. The molecule has 0 spiro atoms. The maximum atomic E-state index is 14.7. The molecular weight excluding hydrogens is 530 g/mol. The molecule has 198 valence electrons. The van der Waals surface area contributed by atoms with Crippen molar-refractivity contribution < 1.29 is 8.78 Å². The molecule has 0 bridgehead atoms. The molecule has 2 aromatic carbocycles. The van der Waals surface area contributed by atoms with Gasteiger partial charge in [-0.2, -0.15) is 5.10 Å². The van der Waals surface area contributed by atoms with Crippen LogP contribution < -0.4 is 16.8 Å². The van der Waals surface area contributed by atoms with Crippen molar-refractivity contribution in [3.8, 4) is 16.3 Å². The smallest absolute Gasteiger partial charge is 0.305 e. The minimum Gasteiger partial charge on any atom is -0.305 e. The Morgan fingerprint density at radius 1 is 0.974 bits per heavy atom. The molecule has 0 saturated heterocycles. The van der Waals surface area contributed by atoms with E-state index in [1.807, 2.05) is 4.90 Å². The molecule has 0 radical (unpaired) electrons. The third-order valence-electron chi connectivity index (χ3n) is 6.05. The Bertz CT molecular complexity index is 1870. The van der Waals surface area contributed by atoms with Gasteiger partial charge in [0.15, 0.2) is 5.82 Å². The van der Waals surface area contributed by atoms with E-state index in [-0.39, 0.29) is 33.8 Å². The molecule has 0 fully saturated rings. The molecule has 5 rings (SSSR count). The van der Waals surface area contributed by atoms with E-state index in [1.54, 1.807) is 26.2 Å². The molecule has 0 aliphatic carbocycles. The predicted octanol–water partition coefficient (Wildman–Crippen LogP) is 3.75. The molecule has 0 saturated carbocycles. The van der Waals surface area contributed by atoms with Crippen LogP contribution in [0.5, 0.6) is 0 Å². The second kappa shape index (κ2) is 10.3. The molecule has 0 unspecified atom stereocenters. The zero-order valence-electron chi connectivity index (χ0n) is 20.6. The van der Waals surface area contributed by atoms with Crippen LogP contribution in [-0.2, 0) is 13.1 Å². The van der Waals surface area contributed by atoms with Gasteiger partial charge in [-0.05, 0) is 60.7 Å². The van der Waals surface area contributed by atoms with E-state index in [4.69, 9.17) is 0 Å². The lowest BCUT2D eigenvalue weighted by Gasteiger charge is -2.14. The highest BCUT2D eigenvalue weighted by Gasteiger charge is 2.25. The third-order valence-corrected chi connectivity index (χ3v) is 7.36. The van der Waals surface area contributed by atoms with Crippen molar-refractivity contribution in [2.45, 2.75) is 13.1 Å². The predicted molar refractivity (Wildman–Crippen MR) is 144 cm³/mol. The minimum absolute atomic E-state index is 0.154. The van der Waals surface area contributed by atoms with Crippen LogP contribution in [0.1, 0.15) is 11.1 Å². The summed E-state index contributed by atoms with van der Waals surface area (Å²) >= 11 is 1.12.